The second kappa shape index (κ2) is 6.39. The van der Waals surface area contributed by atoms with E-state index in [0.29, 0.717) is 5.92 Å². The molecule has 0 spiro atoms. The third-order valence-electron chi connectivity index (χ3n) is 1.94. The third-order valence-corrected chi connectivity index (χ3v) is 4.67. The molecule has 3 heteroatoms. The van der Waals surface area contributed by atoms with E-state index in [-0.39, 0.29) is 21.1 Å². The van der Waals surface area contributed by atoms with E-state index in [1.165, 1.54) is 6.04 Å². The van der Waals surface area contributed by atoms with Crippen molar-refractivity contribution in [1.82, 2.24) is 0 Å². The van der Waals surface area contributed by atoms with Gasteiger partial charge in [0, 0.05) is 28.2 Å². The first-order chi connectivity index (χ1) is 4.52. The van der Waals surface area contributed by atoms with Crippen molar-refractivity contribution in [3.05, 3.63) is 6.42 Å². The van der Waals surface area contributed by atoms with Crippen LogP contribution in [0.25, 0.3) is 0 Å². The molecule has 0 heterocycles. The zero-order valence-corrected chi connectivity index (χ0v) is 12.1. The molecular weight excluding hydrogens is 324 g/mol. The largest absolute Gasteiger partial charge is 0.421 e. The topological polar surface area (TPSA) is 9.23 Å². The van der Waals surface area contributed by atoms with Crippen LogP contribution in [0.3, 0.4) is 0 Å². The molecule has 0 aromatic heterocycles. The molecule has 0 saturated carbocycles. The Morgan fingerprint density at radius 1 is 1.45 bits per heavy atom. The summed E-state index contributed by atoms with van der Waals surface area (Å²) < 4.78 is 5.43. The van der Waals surface area contributed by atoms with Gasteiger partial charge in [0.05, 0.1) is 0 Å². The smallest absolute Gasteiger partial charge is 0.183 e. The van der Waals surface area contributed by atoms with Crippen LogP contribution in [0.4, 0.5) is 0 Å². The first kappa shape index (κ1) is 14.4. The van der Waals surface area contributed by atoms with Crippen molar-refractivity contribution in [3.8, 4) is 0 Å². The molecule has 0 N–H and O–H groups in total. The zero-order valence-electron chi connectivity index (χ0n) is 8.18. The van der Waals surface area contributed by atoms with Gasteiger partial charge in [0.15, 0.2) is 8.32 Å². The van der Waals surface area contributed by atoms with Gasteiger partial charge in [-0.3, -0.25) is 0 Å². The van der Waals surface area contributed by atoms with Crippen molar-refractivity contribution in [2.75, 3.05) is 7.11 Å². The fourth-order valence-corrected chi connectivity index (χ4v) is 2.93. The van der Waals surface area contributed by atoms with Gasteiger partial charge in [0.25, 0.3) is 0 Å². The molecule has 0 aliphatic rings. The molecule has 0 saturated heterocycles. The molecule has 0 aliphatic heterocycles. The first-order valence-corrected chi connectivity index (χ1v) is 6.98. The monoisotopic (exact) mass is 343 g/mol. The Bertz CT molecular complexity index is 96.1. The van der Waals surface area contributed by atoms with Gasteiger partial charge < -0.3 is 10.8 Å². The molecule has 0 bridgehead atoms. The number of hydrogen-bond donors (Lipinski definition) is 0. The molecular formula is C8H19OSiW-. The molecule has 0 radical (unpaired) electrons. The van der Waals surface area contributed by atoms with Gasteiger partial charge in [0.1, 0.15) is 0 Å². The van der Waals surface area contributed by atoms with E-state index in [1.807, 2.05) is 7.11 Å². The van der Waals surface area contributed by atoms with Crippen LogP contribution in [0.5, 0.6) is 0 Å². The van der Waals surface area contributed by atoms with Gasteiger partial charge in [-0.25, -0.2) is 0 Å². The van der Waals surface area contributed by atoms with Gasteiger partial charge in [-0.2, -0.15) is 12.8 Å². The Balaban J connectivity index is 0. The van der Waals surface area contributed by atoms with Crippen molar-refractivity contribution in [2.45, 2.75) is 33.0 Å². The maximum atomic E-state index is 5.43. The normalized spacial score (nSPS) is 13.9. The van der Waals surface area contributed by atoms with E-state index >= 15 is 0 Å². The van der Waals surface area contributed by atoms with Crippen LogP contribution in [-0.2, 0) is 25.5 Å². The van der Waals surface area contributed by atoms with E-state index in [2.05, 4.69) is 33.4 Å². The predicted molar refractivity (Wildman–Crippen MR) is 48.4 cm³/mol. The summed E-state index contributed by atoms with van der Waals surface area (Å²) in [6, 6.07) is 1.24. The maximum absolute atomic E-state index is 5.43. The van der Waals surface area contributed by atoms with E-state index in [4.69, 9.17) is 4.43 Å². The average molecular weight is 343 g/mol. The molecule has 0 aromatic rings. The average Bonchev–Trinajstić information content (AvgIpc) is 1.87. The molecule has 0 fully saturated rings. The van der Waals surface area contributed by atoms with E-state index in [0.717, 1.165) is 0 Å². The molecule has 0 amide bonds. The molecule has 0 aromatic carbocycles. The van der Waals surface area contributed by atoms with Gasteiger partial charge in [0.2, 0.25) is 0 Å². The second-order valence-corrected chi connectivity index (χ2v) is 7.81. The maximum Gasteiger partial charge on any atom is 0.183 e. The number of rotatable bonds is 4. The molecule has 1 nitrogen and oxygen atoms in total. The van der Waals surface area contributed by atoms with Gasteiger partial charge in [-0.05, 0) is 13.1 Å². The fraction of sp³-hybridized carbons (Fsp3) is 0.875. The molecule has 0 rings (SSSR count). The molecule has 68 valence electrons. The summed E-state index contributed by atoms with van der Waals surface area (Å²) in [5.74, 6) is 0.710. The van der Waals surface area contributed by atoms with Crippen molar-refractivity contribution in [2.24, 2.45) is 5.92 Å². The summed E-state index contributed by atoms with van der Waals surface area (Å²) in [6.07, 6.45) is 2.24. The predicted octanol–water partition coefficient (Wildman–Crippen LogP) is 2.70. The van der Waals surface area contributed by atoms with E-state index < -0.39 is 8.32 Å². The zero-order chi connectivity index (χ0) is 8.20. The van der Waals surface area contributed by atoms with Gasteiger partial charge >= 0.3 is 0 Å². The van der Waals surface area contributed by atoms with Crippen molar-refractivity contribution in [3.63, 3.8) is 0 Å². The van der Waals surface area contributed by atoms with Crippen molar-refractivity contribution >= 4 is 8.32 Å². The van der Waals surface area contributed by atoms with Crippen LogP contribution >= 0.6 is 0 Å². The van der Waals surface area contributed by atoms with Crippen LogP contribution in [-0.4, -0.2) is 15.4 Å². The van der Waals surface area contributed by atoms with Crippen LogP contribution in [0.15, 0.2) is 0 Å². The van der Waals surface area contributed by atoms with Crippen LogP contribution in [0, 0.1) is 12.3 Å². The molecule has 11 heavy (non-hydrogen) atoms. The van der Waals surface area contributed by atoms with E-state index in [9.17, 15) is 0 Å². The minimum absolute atomic E-state index is 0. The minimum Gasteiger partial charge on any atom is -0.421 e. The summed E-state index contributed by atoms with van der Waals surface area (Å²) >= 11 is 0. The summed E-state index contributed by atoms with van der Waals surface area (Å²) in [7, 11) is 0.535. The van der Waals surface area contributed by atoms with Gasteiger partial charge in [-0.15, -0.1) is 0 Å². The summed E-state index contributed by atoms with van der Waals surface area (Å²) in [5.41, 5.74) is 0. The second-order valence-electron chi connectivity index (χ2n) is 3.48. The third kappa shape index (κ3) is 7.23. The van der Waals surface area contributed by atoms with Gasteiger partial charge in [-0.1, -0.05) is 13.0 Å². The molecule has 0 aliphatic carbocycles. The Morgan fingerprint density at radius 3 is 2.18 bits per heavy atom. The molecule has 1 unspecified atom stereocenters. The van der Waals surface area contributed by atoms with E-state index in [1.54, 1.807) is 0 Å². The van der Waals surface area contributed by atoms with Crippen molar-refractivity contribution in [1.29, 1.82) is 0 Å². The Kier molecular flexibility index (Phi) is 8.36. The first-order valence-electron chi connectivity index (χ1n) is 3.86. The SMILES string of the molecule is C[CH-]C(C)C[Si](C)(C)OC.[W]. The quantitative estimate of drug-likeness (QED) is 0.563. The van der Waals surface area contributed by atoms with Crippen LogP contribution in [0.2, 0.25) is 19.1 Å². The Hall–Kier alpha value is 0.865. The summed E-state index contributed by atoms with van der Waals surface area (Å²) in [4.78, 5) is 0. The molecule has 1 atom stereocenters. The minimum atomic E-state index is -1.29. The Morgan fingerprint density at radius 2 is 1.91 bits per heavy atom. The number of hydrogen-bond acceptors (Lipinski definition) is 1. The fourth-order valence-electron chi connectivity index (χ4n) is 0.977. The van der Waals surface area contributed by atoms with Crippen LogP contribution in [0.1, 0.15) is 13.8 Å². The van der Waals surface area contributed by atoms with Crippen LogP contribution < -0.4 is 0 Å². The summed E-state index contributed by atoms with van der Waals surface area (Å²) in [5, 5.41) is 0. The Labute approximate surface area is 86.3 Å². The summed E-state index contributed by atoms with van der Waals surface area (Å²) in [6.45, 7) is 8.87. The van der Waals surface area contributed by atoms with Crippen molar-refractivity contribution < 1.29 is 25.5 Å². The standard InChI is InChI=1S/C8H19OSi.W/c1-6-8(2)7-10(4,5)9-3;/h6,8H,7H2,1-5H3;/q-1;.